The van der Waals surface area contributed by atoms with Crippen LogP contribution in [0.3, 0.4) is 0 Å². The molecule has 0 heterocycles. The van der Waals surface area contributed by atoms with E-state index in [0.29, 0.717) is 5.56 Å². The number of carbonyl (C=O) groups is 1. The summed E-state index contributed by atoms with van der Waals surface area (Å²) in [5.41, 5.74) is -0.551. The van der Waals surface area contributed by atoms with Gasteiger partial charge in [-0.15, -0.1) is 0 Å². The number of hydrogen-bond donors (Lipinski definition) is 0. The fourth-order valence-electron chi connectivity index (χ4n) is 1.77. The lowest BCUT2D eigenvalue weighted by atomic mass is 10.2. The highest BCUT2D eigenvalue weighted by molar-refractivity contribution is 6.32. The Hall–Kier alpha value is -2.21. The van der Waals surface area contributed by atoms with Gasteiger partial charge in [-0.05, 0) is 30.3 Å². The van der Waals surface area contributed by atoms with Gasteiger partial charge >= 0.3 is 12.1 Å². The minimum Gasteiger partial charge on any atom is -0.454 e. The lowest BCUT2D eigenvalue weighted by Gasteiger charge is -2.17. The van der Waals surface area contributed by atoms with Crippen molar-refractivity contribution in [2.24, 2.45) is 0 Å². The number of esters is 1. The third-order valence-corrected chi connectivity index (χ3v) is 3.13. The minimum absolute atomic E-state index is 0.00646. The molecule has 2 rings (SSSR count). The average Bonchev–Trinajstić information content (AvgIpc) is 2.49. The van der Waals surface area contributed by atoms with Gasteiger partial charge in [0, 0.05) is 6.92 Å². The van der Waals surface area contributed by atoms with Crippen molar-refractivity contribution >= 4 is 17.6 Å². The third-order valence-electron chi connectivity index (χ3n) is 2.83. The van der Waals surface area contributed by atoms with E-state index in [2.05, 4.69) is 0 Å². The number of alkyl halides is 3. The molecule has 0 aromatic heterocycles. The minimum atomic E-state index is -4.49. The van der Waals surface area contributed by atoms with Gasteiger partial charge in [-0.25, -0.2) is 4.79 Å². The summed E-state index contributed by atoms with van der Waals surface area (Å²) >= 11 is 5.77. The molecule has 0 N–H and O–H groups in total. The highest BCUT2D eigenvalue weighted by atomic mass is 35.5. The Kier molecular flexibility index (Phi) is 5.15. The Bertz CT molecular complexity index is 687. The maximum atomic E-state index is 12.6. The maximum Gasteiger partial charge on any atom is 0.416 e. The van der Waals surface area contributed by atoms with Crippen LogP contribution in [0.15, 0.2) is 48.5 Å². The van der Waals surface area contributed by atoms with Crippen LogP contribution in [0.25, 0.3) is 0 Å². The van der Waals surface area contributed by atoms with Crippen molar-refractivity contribution in [3.05, 3.63) is 64.7 Å². The first kappa shape index (κ1) is 17.1. The molecule has 7 heteroatoms. The summed E-state index contributed by atoms with van der Waals surface area (Å²) in [5.74, 6) is -0.617. The molecule has 0 saturated carbocycles. The maximum absolute atomic E-state index is 12.6. The highest BCUT2D eigenvalue weighted by Crippen LogP contribution is 2.35. The molecule has 0 amide bonds. The van der Waals surface area contributed by atoms with Gasteiger partial charge in [-0.3, -0.25) is 0 Å². The molecule has 0 aliphatic heterocycles. The summed E-state index contributed by atoms with van der Waals surface area (Å²) in [6.07, 6.45) is -5.51. The van der Waals surface area contributed by atoms with E-state index in [1.807, 2.05) is 0 Å². The van der Waals surface area contributed by atoms with E-state index in [4.69, 9.17) is 21.1 Å². The summed E-state index contributed by atoms with van der Waals surface area (Å²) in [4.78, 5) is 11.8. The lowest BCUT2D eigenvalue weighted by molar-refractivity contribution is -0.137. The van der Waals surface area contributed by atoms with E-state index in [0.717, 1.165) is 18.2 Å². The Morgan fingerprint density at radius 1 is 1.13 bits per heavy atom. The average molecular weight is 345 g/mol. The van der Waals surface area contributed by atoms with Gasteiger partial charge in [-0.1, -0.05) is 29.8 Å². The van der Waals surface area contributed by atoms with Crippen LogP contribution in [0.4, 0.5) is 13.2 Å². The molecule has 0 spiro atoms. The zero-order chi connectivity index (χ0) is 17.0. The monoisotopic (exact) mass is 344 g/mol. The Labute approximate surface area is 135 Å². The van der Waals surface area contributed by atoms with E-state index in [1.54, 1.807) is 30.3 Å². The molecular weight excluding hydrogens is 333 g/mol. The van der Waals surface area contributed by atoms with Crippen LogP contribution >= 0.6 is 11.6 Å². The number of halogens is 4. The van der Waals surface area contributed by atoms with Gasteiger partial charge in [0.1, 0.15) is 5.75 Å². The SMILES string of the molecule is CC(OC(=O)c1ccccc1)Oc1ccc(C(F)(F)F)cc1Cl. The second kappa shape index (κ2) is 6.91. The van der Waals surface area contributed by atoms with Crippen molar-refractivity contribution in [2.75, 3.05) is 0 Å². The molecule has 3 nitrogen and oxygen atoms in total. The molecule has 0 bridgehead atoms. The van der Waals surface area contributed by atoms with Crippen LogP contribution in [0.1, 0.15) is 22.8 Å². The van der Waals surface area contributed by atoms with Crippen molar-refractivity contribution in [1.82, 2.24) is 0 Å². The van der Waals surface area contributed by atoms with Crippen LogP contribution in [-0.4, -0.2) is 12.3 Å². The fourth-order valence-corrected chi connectivity index (χ4v) is 1.99. The number of carbonyl (C=O) groups excluding carboxylic acids is 1. The van der Waals surface area contributed by atoms with Crippen LogP contribution in [0.5, 0.6) is 5.75 Å². The number of ether oxygens (including phenoxy) is 2. The van der Waals surface area contributed by atoms with Crippen molar-refractivity contribution in [3.63, 3.8) is 0 Å². The topological polar surface area (TPSA) is 35.5 Å². The van der Waals surface area contributed by atoms with Crippen LogP contribution in [0.2, 0.25) is 5.02 Å². The zero-order valence-electron chi connectivity index (χ0n) is 11.9. The largest absolute Gasteiger partial charge is 0.454 e. The summed E-state index contributed by atoms with van der Waals surface area (Å²) in [6.45, 7) is 1.44. The molecule has 0 radical (unpaired) electrons. The molecule has 0 aliphatic carbocycles. The molecule has 23 heavy (non-hydrogen) atoms. The van der Waals surface area contributed by atoms with Crippen molar-refractivity contribution in [1.29, 1.82) is 0 Å². The summed E-state index contributed by atoms with van der Waals surface area (Å²) in [5, 5.41) is -0.220. The van der Waals surface area contributed by atoms with Crippen molar-refractivity contribution < 1.29 is 27.4 Å². The van der Waals surface area contributed by atoms with Gasteiger partial charge in [-0.2, -0.15) is 13.2 Å². The molecule has 2 aromatic rings. The molecule has 0 aliphatic rings. The molecule has 0 saturated heterocycles. The van der Waals surface area contributed by atoms with Crippen molar-refractivity contribution in [2.45, 2.75) is 19.4 Å². The Morgan fingerprint density at radius 2 is 1.78 bits per heavy atom. The normalized spacial score (nSPS) is 12.6. The summed E-state index contributed by atoms with van der Waals surface area (Å²) in [7, 11) is 0. The van der Waals surface area contributed by atoms with Gasteiger partial charge < -0.3 is 9.47 Å². The second-order valence-corrected chi connectivity index (χ2v) is 5.01. The van der Waals surface area contributed by atoms with Crippen molar-refractivity contribution in [3.8, 4) is 5.75 Å². The first-order chi connectivity index (χ1) is 10.8. The standard InChI is InChI=1S/C16H12ClF3O3/c1-10(23-15(21)11-5-3-2-4-6-11)22-14-8-7-12(9-13(14)17)16(18,19)20/h2-10H,1H3. The molecular formula is C16H12ClF3O3. The van der Waals surface area contributed by atoms with E-state index >= 15 is 0 Å². The molecule has 2 aromatic carbocycles. The summed E-state index contributed by atoms with van der Waals surface area (Å²) < 4.78 is 48.0. The predicted octanol–water partition coefficient (Wildman–Crippen LogP) is 4.94. The van der Waals surface area contributed by atoms with Crippen LogP contribution < -0.4 is 4.74 Å². The quantitative estimate of drug-likeness (QED) is 0.582. The van der Waals surface area contributed by atoms with E-state index in [1.165, 1.54) is 6.92 Å². The molecule has 0 fully saturated rings. The van der Waals surface area contributed by atoms with E-state index < -0.39 is 24.0 Å². The molecule has 122 valence electrons. The molecule has 1 atom stereocenters. The Morgan fingerprint density at radius 3 is 2.35 bits per heavy atom. The van der Waals surface area contributed by atoms with Gasteiger partial charge in [0.15, 0.2) is 0 Å². The summed E-state index contributed by atoms with van der Waals surface area (Å²) in [6, 6.07) is 10.9. The zero-order valence-corrected chi connectivity index (χ0v) is 12.7. The van der Waals surface area contributed by atoms with Gasteiger partial charge in [0.25, 0.3) is 0 Å². The predicted molar refractivity (Wildman–Crippen MR) is 78.4 cm³/mol. The Balaban J connectivity index is 2.03. The van der Waals surface area contributed by atoms with E-state index in [9.17, 15) is 18.0 Å². The van der Waals surface area contributed by atoms with Gasteiger partial charge in [0.2, 0.25) is 6.29 Å². The first-order valence-electron chi connectivity index (χ1n) is 6.57. The van der Waals surface area contributed by atoms with E-state index in [-0.39, 0.29) is 10.8 Å². The number of hydrogen-bond acceptors (Lipinski definition) is 3. The number of rotatable bonds is 4. The van der Waals surface area contributed by atoms with Crippen LogP contribution in [-0.2, 0) is 10.9 Å². The fraction of sp³-hybridized carbons (Fsp3) is 0.188. The third kappa shape index (κ3) is 4.63. The first-order valence-corrected chi connectivity index (χ1v) is 6.94. The molecule has 1 unspecified atom stereocenters. The van der Waals surface area contributed by atoms with Crippen LogP contribution in [0, 0.1) is 0 Å². The van der Waals surface area contributed by atoms with Gasteiger partial charge in [0.05, 0.1) is 16.1 Å². The lowest BCUT2D eigenvalue weighted by Crippen LogP contribution is -2.21. The highest BCUT2D eigenvalue weighted by Gasteiger charge is 2.31. The number of benzene rings is 2. The smallest absolute Gasteiger partial charge is 0.416 e. The second-order valence-electron chi connectivity index (χ2n) is 4.60.